The molecule has 1 atom stereocenters. The van der Waals surface area contributed by atoms with Gasteiger partial charge in [-0.05, 0) is 30.7 Å². The van der Waals surface area contributed by atoms with Crippen molar-refractivity contribution in [2.75, 3.05) is 7.05 Å². The summed E-state index contributed by atoms with van der Waals surface area (Å²) in [7, 11) is -2.26. The number of aromatic amines is 1. The van der Waals surface area contributed by atoms with Crippen LogP contribution in [0, 0.1) is 0 Å². The summed E-state index contributed by atoms with van der Waals surface area (Å²) in [5.41, 5.74) is 1.73. The molecule has 0 bridgehead atoms. The minimum absolute atomic E-state index is 0.0138. The molecule has 1 unspecified atom stereocenters. The van der Waals surface area contributed by atoms with E-state index in [1.165, 1.54) is 12.1 Å². The Hall–Kier alpha value is -2.97. The molecule has 2 aromatic carbocycles. The van der Waals surface area contributed by atoms with Gasteiger partial charge in [0.05, 0.1) is 16.3 Å². The lowest BCUT2D eigenvalue weighted by molar-refractivity contribution is -0.124. The highest BCUT2D eigenvalue weighted by Crippen LogP contribution is 2.33. The van der Waals surface area contributed by atoms with E-state index in [9.17, 15) is 13.2 Å². The van der Waals surface area contributed by atoms with E-state index >= 15 is 0 Å². The van der Waals surface area contributed by atoms with E-state index in [0.29, 0.717) is 17.0 Å². The van der Waals surface area contributed by atoms with Crippen LogP contribution in [-0.4, -0.2) is 31.6 Å². The quantitative estimate of drug-likeness (QED) is 0.621. The van der Waals surface area contributed by atoms with E-state index in [2.05, 4.69) is 15.5 Å². The molecule has 0 saturated heterocycles. The molecule has 0 saturated carbocycles. The third kappa shape index (κ3) is 3.49. The number of likely N-dealkylation sites (N-methyl/N-ethyl adjacent to an activating group) is 1. The van der Waals surface area contributed by atoms with Crippen molar-refractivity contribution in [3.8, 4) is 11.3 Å². The first-order valence-corrected chi connectivity index (χ1v) is 9.78. The Kier molecular flexibility index (Phi) is 4.86. The molecule has 1 aromatic heterocycles. The van der Waals surface area contributed by atoms with Crippen molar-refractivity contribution in [1.29, 1.82) is 0 Å². The number of carbonyl (C=O) groups excluding carboxylic acids is 1. The topological polar surface area (TPSA) is 118 Å². The van der Waals surface area contributed by atoms with E-state index in [-0.39, 0.29) is 10.8 Å². The van der Waals surface area contributed by atoms with Gasteiger partial charge in [0.2, 0.25) is 15.9 Å². The second-order valence-electron chi connectivity index (χ2n) is 6.31. The summed E-state index contributed by atoms with van der Waals surface area (Å²) in [5.74, 6) is -0.255. The minimum atomic E-state index is -3.81. The number of hydrogen-bond donors (Lipinski definition) is 3. The molecule has 3 aromatic rings. The Labute approximate surface area is 157 Å². The summed E-state index contributed by atoms with van der Waals surface area (Å²) in [6.07, 6.45) is 0. The maximum absolute atomic E-state index is 12.8. The van der Waals surface area contributed by atoms with Crippen LogP contribution in [0.15, 0.2) is 65.6 Å². The van der Waals surface area contributed by atoms with Gasteiger partial charge >= 0.3 is 0 Å². The van der Waals surface area contributed by atoms with Crippen molar-refractivity contribution in [1.82, 2.24) is 15.5 Å². The number of rotatable bonds is 5. The molecule has 4 N–H and O–H groups in total. The Bertz CT molecular complexity index is 1060. The molecule has 0 aliphatic heterocycles. The number of aromatic nitrogens is 2. The molecular weight excluding hydrogens is 364 g/mol. The van der Waals surface area contributed by atoms with Crippen molar-refractivity contribution in [2.24, 2.45) is 5.14 Å². The van der Waals surface area contributed by atoms with E-state index < -0.39 is 15.4 Å². The maximum Gasteiger partial charge on any atom is 0.238 e. The first-order valence-electron chi connectivity index (χ1n) is 8.23. The molecule has 0 spiro atoms. The van der Waals surface area contributed by atoms with Crippen molar-refractivity contribution in [3.05, 3.63) is 71.9 Å². The van der Waals surface area contributed by atoms with Crippen LogP contribution in [0.1, 0.15) is 18.2 Å². The highest BCUT2D eigenvalue weighted by Gasteiger charge is 2.38. The lowest BCUT2D eigenvalue weighted by atomic mass is 9.78. The average Bonchev–Trinajstić information content (AvgIpc) is 3.17. The zero-order valence-electron chi connectivity index (χ0n) is 14.9. The van der Waals surface area contributed by atoms with Gasteiger partial charge in [0.1, 0.15) is 5.41 Å². The first-order chi connectivity index (χ1) is 12.8. The average molecular weight is 384 g/mol. The fraction of sp³-hybridized carbons (Fsp3) is 0.158. The number of nitrogens with one attached hydrogen (secondary N) is 2. The standard InChI is InChI=1S/C19H20N4O3S/c1-19(18(24)21-2,14-8-10-15(11-9-14)27(20,25)26)17-12-16(22-23-17)13-6-4-3-5-7-13/h3-12H,1-2H3,(H,21,24)(H,22,23)(H2,20,25,26). The fourth-order valence-corrected chi connectivity index (χ4v) is 3.49. The largest absolute Gasteiger partial charge is 0.358 e. The third-order valence-electron chi connectivity index (χ3n) is 4.63. The SMILES string of the molecule is CNC(=O)C(C)(c1ccc(S(N)(=O)=O)cc1)c1cc(-c2ccccc2)n[nH]1. The minimum Gasteiger partial charge on any atom is -0.358 e. The molecule has 0 aliphatic carbocycles. The number of carbonyl (C=O) groups is 1. The predicted octanol–water partition coefficient (Wildman–Crippen LogP) is 1.78. The van der Waals surface area contributed by atoms with Crippen LogP contribution in [0.3, 0.4) is 0 Å². The van der Waals surface area contributed by atoms with Crippen molar-refractivity contribution >= 4 is 15.9 Å². The van der Waals surface area contributed by atoms with Crippen molar-refractivity contribution < 1.29 is 13.2 Å². The fourth-order valence-electron chi connectivity index (χ4n) is 2.97. The molecule has 0 radical (unpaired) electrons. The summed E-state index contributed by atoms with van der Waals surface area (Å²) < 4.78 is 23.0. The zero-order chi connectivity index (χ0) is 19.7. The molecule has 0 fully saturated rings. The highest BCUT2D eigenvalue weighted by atomic mass is 32.2. The van der Waals surface area contributed by atoms with Gasteiger partial charge in [0.15, 0.2) is 0 Å². The summed E-state index contributed by atoms with van der Waals surface area (Å²) in [6, 6.07) is 17.4. The zero-order valence-corrected chi connectivity index (χ0v) is 15.7. The molecule has 3 rings (SSSR count). The summed E-state index contributed by atoms with van der Waals surface area (Å²) >= 11 is 0. The van der Waals surface area contributed by atoms with Gasteiger partial charge in [0.25, 0.3) is 0 Å². The van der Waals surface area contributed by atoms with Crippen LogP contribution in [0.4, 0.5) is 0 Å². The Morgan fingerprint density at radius 2 is 1.74 bits per heavy atom. The summed E-state index contributed by atoms with van der Waals surface area (Å²) in [5, 5.41) is 15.1. The van der Waals surface area contributed by atoms with Crippen LogP contribution in [0.5, 0.6) is 0 Å². The van der Waals surface area contributed by atoms with Gasteiger partial charge in [-0.3, -0.25) is 9.89 Å². The summed E-state index contributed by atoms with van der Waals surface area (Å²) in [6.45, 7) is 1.75. The molecule has 140 valence electrons. The van der Waals surface area contributed by atoms with Crippen LogP contribution >= 0.6 is 0 Å². The lowest BCUT2D eigenvalue weighted by Gasteiger charge is -2.27. The number of sulfonamides is 1. The van der Waals surface area contributed by atoms with Gasteiger partial charge in [-0.2, -0.15) is 5.10 Å². The van der Waals surface area contributed by atoms with Crippen molar-refractivity contribution in [3.63, 3.8) is 0 Å². The predicted molar refractivity (Wildman–Crippen MR) is 102 cm³/mol. The number of hydrogen-bond acceptors (Lipinski definition) is 4. The number of H-pyrrole nitrogens is 1. The second-order valence-corrected chi connectivity index (χ2v) is 7.87. The van der Waals surface area contributed by atoms with Gasteiger partial charge in [-0.1, -0.05) is 42.5 Å². The second kappa shape index (κ2) is 6.98. The lowest BCUT2D eigenvalue weighted by Crippen LogP contribution is -2.42. The van der Waals surface area contributed by atoms with Gasteiger partial charge in [-0.15, -0.1) is 0 Å². The number of amides is 1. The molecule has 7 nitrogen and oxygen atoms in total. The van der Waals surface area contributed by atoms with E-state index in [0.717, 1.165) is 5.56 Å². The molecule has 8 heteroatoms. The Balaban J connectivity index is 2.09. The number of primary sulfonamides is 1. The van der Waals surface area contributed by atoms with E-state index in [1.54, 1.807) is 26.1 Å². The van der Waals surface area contributed by atoms with Crippen LogP contribution in [0.25, 0.3) is 11.3 Å². The first kappa shape index (κ1) is 18.8. The van der Waals surface area contributed by atoms with Crippen LogP contribution < -0.4 is 10.5 Å². The number of benzene rings is 2. The highest BCUT2D eigenvalue weighted by molar-refractivity contribution is 7.89. The Morgan fingerprint density at radius 3 is 2.30 bits per heavy atom. The van der Waals surface area contributed by atoms with Gasteiger partial charge in [-0.25, -0.2) is 13.6 Å². The maximum atomic E-state index is 12.8. The van der Waals surface area contributed by atoms with Gasteiger partial charge < -0.3 is 5.32 Å². The number of nitrogens with two attached hydrogens (primary N) is 1. The van der Waals surface area contributed by atoms with Gasteiger partial charge in [0, 0.05) is 12.6 Å². The normalized spacial score (nSPS) is 13.7. The monoisotopic (exact) mass is 384 g/mol. The third-order valence-corrected chi connectivity index (χ3v) is 5.56. The molecule has 27 heavy (non-hydrogen) atoms. The van der Waals surface area contributed by atoms with Crippen LogP contribution in [0.2, 0.25) is 0 Å². The smallest absolute Gasteiger partial charge is 0.238 e. The summed E-state index contributed by atoms with van der Waals surface area (Å²) in [4.78, 5) is 12.7. The van der Waals surface area contributed by atoms with Crippen molar-refractivity contribution in [2.45, 2.75) is 17.2 Å². The number of nitrogens with zero attached hydrogens (tertiary/aromatic N) is 1. The molecule has 0 aliphatic rings. The molecule has 1 amide bonds. The Morgan fingerprint density at radius 1 is 1.11 bits per heavy atom. The molecule has 1 heterocycles. The van der Waals surface area contributed by atoms with E-state index in [1.807, 2.05) is 36.4 Å². The van der Waals surface area contributed by atoms with E-state index in [4.69, 9.17) is 5.14 Å². The van der Waals surface area contributed by atoms with Crippen LogP contribution in [-0.2, 0) is 20.2 Å². The molecular formula is C19H20N4O3S.